The molecule has 0 bridgehead atoms. The summed E-state index contributed by atoms with van der Waals surface area (Å²) in [7, 11) is 0. The molecular weight excluding hydrogens is 292 g/mol. The van der Waals surface area contributed by atoms with Crippen LogP contribution in [0.2, 0.25) is 0 Å². The number of amides is 2. The van der Waals surface area contributed by atoms with E-state index in [0.717, 1.165) is 50.5 Å². The van der Waals surface area contributed by atoms with Crippen LogP contribution < -0.4 is 5.32 Å². The molecule has 0 saturated carbocycles. The Balaban J connectivity index is 1.82. The monoisotopic (exact) mass is 322 g/mol. The molecule has 1 saturated heterocycles. The molecule has 2 amide bonds. The lowest BCUT2D eigenvalue weighted by Crippen LogP contribution is -2.49. The minimum atomic E-state index is 0.0280. The van der Waals surface area contributed by atoms with Gasteiger partial charge in [0.05, 0.1) is 18.8 Å². The van der Waals surface area contributed by atoms with Crippen LogP contribution in [-0.2, 0) is 11.3 Å². The average Bonchev–Trinajstić information content (AvgIpc) is 2.83. The fraction of sp³-hybridized carbons (Fsp3) is 0.765. The van der Waals surface area contributed by atoms with Crippen molar-refractivity contribution in [1.82, 2.24) is 20.0 Å². The summed E-state index contributed by atoms with van der Waals surface area (Å²) in [6, 6.07) is 2.13. The maximum atomic E-state index is 12.5. The van der Waals surface area contributed by atoms with Crippen molar-refractivity contribution in [3.8, 4) is 0 Å². The second-order valence-corrected chi connectivity index (χ2v) is 6.57. The number of likely N-dealkylation sites (tertiary alicyclic amines) is 1. The van der Waals surface area contributed by atoms with Crippen molar-refractivity contribution in [2.45, 2.75) is 53.1 Å². The first-order valence-electron chi connectivity index (χ1n) is 8.63. The van der Waals surface area contributed by atoms with Gasteiger partial charge in [-0.2, -0.15) is 5.10 Å². The standard InChI is InChI=1S/C17H30N4O2/c1-5-23-12-16-7-6-8-20(11-16)17(22)18-14(3)10-21-15(4)9-13(2)19-21/h9,14,16H,5-8,10-12H2,1-4H3,(H,18,22)/t14-,16-/m1/s1. The summed E-state index contributed by atoms with van der Waals surface area (Å²) in [6.07, 6.45) is 2.20. The first-order valence-corrected chi connectivity index (χ1v) is 8.63. The van der Waals surface area contributed by atoms with Crippen LogP contribution in [0.1, 0.15) is 38.1 Å². The minimum absolute atomic E-state index is 0.0280. The number of aryl methyl sites for hydroxylation is 2. The molecule has 6 nitrogen and oxygen atoms in total. The molecule has 2 atom stereocenters. The van der Waals surface area contributed by atoms with Gasteiger partial charge in [0.1, 0.15) is 0 Å². The molecule has 0 unspecified atom stereocenters. The lowest BCUT2D eigenvalue weighted by atomic mass is 9.99. The second kappa shape index (κ2) is 8.34. The van der Waals surface area contributed by atoms with Gasteiger partial charge in [0.25, 0.3) is 0 Å². The van der Waals surface area contributed by atoms with Crippen molar-refractivity contribution in [3.05, 3.63) is 17.5 Å². The number of rotatable bonds is 6. The van der Waals surface area contributed by atoms with Crippen LogP contribution >= 0.6 is 0 Å². The van der Waals surface area contributed by atoms with Crippen LogP contribution in [0.15, 0.2) is 6.07 Å². The molecule has 1 aliphatic rings. The number of nitrogens with one attached hydrogen (secondary N) is 1. The summed E-state index contributed by atoms with van der Waals surface area (Å²) in [6.45, 7) is 11.9. The zero-order valence-corrected chi connectivity index (χ0v) is 14.8. The Morgan fingerprint density at radius 1 is 1.52 bits per heavy atom. The molecule has 0 radical (unpaired) electrons. The molecule has 1 fully saturated rings. The maximum Gasteiger partial charge on any atom is 0.317 e. The van der Waals surface area contributed by atoms with E-state index in [0.29, 0.717) is 12.5 Å². The van der Waals surface area contributed by atoms with Gasteiger partial charge in [0.2, 0.25) is 0 Å². The summed E-state index contributed by atoms with van der Waals surface area (Å²) in [5.41, 5.74) is 2.13. The van der Waals surface area contributed by atoms with Gasteiger partial charge in [0, 0.05) is 37.4 Å². The number of carbonyl (C=O) groups is 1. The van der Waals surface area contributed by atoms with E-state index in [4.69, 9.17) is 4.74 Å². The fourth-order valence-corrected chi connectivity index (χ4v) is 3.14. The summed E-state index contributed by atoms with van der Waals surface area (Å²) in [5, 5.41) is 7.55. The van der Waals surface area contributed by atoms with Crippen LogP contribution in [0.5, 0.6) is 0 Å². The number of hydrogen-bond donors (Lipinski definition) is 1. The highest BCUT2D eigenvalue weighted by molar-refractivity contribution is 5.74. The third-order valence-electron chi connectivity index (χ3n) is 4.28. The maximum absolute atomic E-state index is 12.5. The van der Waals surface area contributed by atoms with Gasteiger partial charge < -0.3 is 15.0 Å². The van der Waals surface area contributed by atoms with Crippen molar-refractivity contribution in [2.75, 3.05) is 26.3 Å². The largest absolute Gasteiger partial charge is 0.381 e. The highest BCUT2D eigenvalue weighted by atomic mass is 16.5. The zero-order valence-electron chi connectivity index (χ0n) is 14.8. The van der Waals surface area contributed by atoms with E-state index in [1.54, 1.807) is 0 Å². The Kier molecular flexibility index (Phi) is 6.45. The van der Waals surface area contributed by atoms with Crippen LogP contribution in [0.25, 0.3) is 0 Å². The quantitative estimate of drug-likeness (QED) is 0.874. The number of carbonyl (C=O) groups excluding carboxylic acids is 1. The molecular formula is C17H30N4O2. The van der Waals surface area contributed by atoms with E-state index in [1.165, 1.54) is 0 Å². The van der Waals surface area contributed by atoms with Gasteiger partial charge in [-0.25, -0.2) is 4.79 Å². The van der Waals surface area contributed by atoms with Gasteiger partial charge >= 0.3 is 6.03 Å². The molecule has 0 aromatic carbocycles. The predicted octanol–water partition coefficient (Wildman–Crippen LogP) is 2.35. The number of ether oxygens (including phenoxy) is 1. The first kappa shape index (κ1) is 17.8. The molecule has 1 aromatic rings. The Morgan fingerprint density at radius 2 is 2.30 bits per heavy atom. The minimum Gasteiger partial charge on any atom is -0.381 e. The lowest BCUT2D eigenvalue weighted by Gasteiger charge is -2.33. The van der Waals surface area contributed by atoms with E-state index in [2.05, 4.69) is 16.5 Å². The van der Waals surface area contributed by atoms with Gasteiger partial charge in [-0.3, -0.25) is 4.68 Å². The van der Waals surface area contributed by atoms with Crippen LogP contribution in [0.4, 0.5) is 4.79 Å². The molecule has 1 N–H and O–H groups in total. The molecule has 2 heterocycles. The Hall–Kier alpha value is -1.56. The van der Waals surface area contributed by atoms with E-state index in [1.807, 2.05) is 37.3 Å². The topological polar surface area (TPSA) is 59.4 Å². The van der Waals surface area contributed by atoms with Crippen LogP contribution in [0.3, 0.4) is 0 Å². The molecule has 2 rings (SSSR count). The van der Waals surface area contributed by atoms with Crippen LogP contribution in [-0.4, -0.2) is 53.1 Å². The van der Waals surface area contributed by atoms with Crippen LogP contribution in [0, 0.1) is 19.8 Å². The molecule has 1 aliphatic heterocycles. The second-order valence-electron chi connectivity index (χ2n) is 6.57. The number of aromatic nitrogens is 2. The first-order chi connectivity index (χ1) is 11.0. The van der Waals surface area contributed by atoms with E-state index in [9.17, 15) is 4.79 Å². The molecule has 0 aliphatic carbocycles. The van der Waals surface area contributed by atoms with Gasteiger partial charge in [0.15, 0.2) is 0 Å². The smallest absolute Gasteiger partial charge is 0.317 e. The lowest BCUT2D eigenvalue weighted by molar-refractivity contribution is 0.0751. The Labute approximate surface area is 139 Å². The summed E-state index contributed by atoms with van der Waals surface area (Å²) in [4.78, 5) is 14.4. The summed E-state index contributed by atoms with van der Waals surface area (Å²) in [5.74, 6) is 0.459. The third-order valence-corrected chi connectivity index (χ3v) is 4.28. The number of piperidine rings is 1. The van der Waals surface area contributed by atoms with E-state index in [-0.39, 0.29) is 12.1 Å². The number of urea groups is 1. The summed E-state index contributed by atoms with van der Waals surface area (Å²) >= 11 is 0. The number of hydrogen-bond acceptors (Lipinski definition) is 3. The average molecular weight is 322 g/mol. The zero-order chi connectivity index (χ0) is 16.8. The molecule has 23 heavy (non-hydrogen) atoms. The summed E-state index contributed by atoms with van der Waals surface area (Å²) < 4.78 is 7.46. The third kappa shape index (κ3) is 5.23. The van der Waals surface area contributed by atoms with E-state index < -0.39 is 0 Å². The molecule has 130 valence electrons. The molecule has 1 aromatic heterocycles. The van der Waals surface area contributed by atoms with Crippen molar-refractivity contribution in [3.63, 3.8) is 0 Å². The SMILES string of the molecule is CCOC[C@@H]1CCCN(C(=O)N[C@H](C)Cn2nc(C)cc2C)C1. The van der Waals surface area contributed by atoms with Crippen molar-refractivity contribution in [1.29, 1.82) is 0 Å². The van der Waals surface area contributed by atoms with Crippen molar-refractivity contribution in [2.24, 2.45) is 5.92 Å². The van der Waals surface area contributed by atoms with Crippen molar-refractivity contribution < 1.29 is 9.53 Å². The van der Waals surface area contributed by atoms with Gasteiger partial charge in [-0.05, 0) is 46.6 Å². The molecule has 0 spiro atoms. The van der Waals surface area contributed by atoms with Gasteiger partial charge in [-0.1, -0.05) is 0 Å². The predicted molar refractivity (Wildman–Crippen MR) is 90.5 cm³/mol. The normalized spacial score (nSPS) is 19.7. The van der Waals surface area contributed by atoms with Gasteiger partial charge in [-0.15, -0.1) is 0 Å². The fourth-order valence-electron chi connectivity index (χ4n) is 3.14. The Morgan fingerprint density at radius 3 is 2.96 bits per heavy atom. The Bertz CT molecular complexity index is 515. The van der Waals surface area contributed by atoms with Crippen molar-refractivity contribution >= 4 is 6.03 Å². The highest BCUT2D eigenvalue weighted by Crippen LogP contribution is 2.17. The molecule has 6 heteroatoms. The highest BCUT2D eigenvalue weighted by Gasteiger charge is 2.24. The van der Waals surface area contributed by atoms with E-state index >= 15 is 0 Å². The number of nitrogens with zero attached hydrogens (tertiary/aromatic N) is 3.